The van der Waals surface area contributed by atoms with Crippen LogP contribution >= 0.6 is 22.6 Å². The first-order valence-electron chi connectivity index (χ1n) is 15.9. The molecule has 3 aromatic carbocycles. The lowest BCUT2D eigenvalue weighted by Crippen LogP contribution is -2.69. The van der Waals surface area contributed by atoms with Crippen LogP contribution in [0.15, 0.2) is 72.8 Å². The summed E-state index contributed by atoms with van der Waals surface area (Å²) in [6.07, 6.45) is -1.40. The summed E-state index contributed by atoms with van der Waals surface area (Å²) >= 11 is 2.26. The molecule has 4 fully saturated rings. The van der Waals surface area contributed by atoms with Gasteiger partial charge in [0.2, 0.25) is 5.91 Å². The number of amides is 2. The minimum Gasteiger partial charge on any atom is -0.458 e. The Morgan fingerprint density at radius 2 is 1.70 bits per heavy atom. The van der Waals surface area contributed by atoms with Crippen LogP contribution < -0.4 is 10.6 Å². The Morgan fingerprint density at radius 1 is 0.957 bits per heavy atom. The number of fused-ring (bicyclic) bond motifs is 5. The molecule has 244 valence electrons. The fraction of sp³-hybridized carbons (Fsp3) is 0.400. The van der Waals surface area contributed by atoms with Crippen LogP contribution in [0.4, 0.5) is 0 Å². The van der Waals surface area contributed by atoms with Gasteiger partial charge in [-0.3, -0.25) is 19.2 Å². The normalized spacial score (nSPS) is 29.7. The van der Waals surface area contributed by atoms with E-state index >= 15 is 0 Å². The fourth-order valence-electron chi connectivity index (χ4n) is 7.99. The van der Waals surface area contributed by atoms with Crippen LogP contribution in [0.3, 0.4) is 0 Å². The van der Waals surface area contributed by atoms with E-state index in [-0.39, 0.29) is 44.5 Å². The zero-order valence-electron chi connectivity index (χ0n) is 25.4. The number of aliphatic hydroxyl groups is 1. The number of nitrogens with one attached hydrogen (secondary N) is 2. The van der Waals surface area contributed by atoms with Crippen molar-refractivity contribution in [2.24, 2.45) is 5.41 Å². The summed E-state index contributed by atoms with van der Waals surface area (Å²) in [7, 11) is 0. The zero-order valence-corrected chi connectivity index (χ0v) is 27.6. The number of carbonyl (C=O) groups excluding carboxylic acids is 3. The molecule has 2 bridgehead atoms. The monoisotopic (exact) mass is 751 g/mol. The molecule has 8 rings (SSSR count). The van der Waals surface area contributed by atoms with Crippen molar-refractivity contribution in [1.82, 2.24) is 15.7 Å². The maximum atomic E-state index is 14.6. The molecule has 5 aliphatic rings. The molecule has 2 amide bonds. The second-order valence-electron chi connectivity index (χ2n) is 12.9. The molecule has 3 aliphatic heterocycles. The van der Waals surface area contributed by atoms with Crippen molar-refractivity contribution in [3.63, 3.8) is 0 Å². The largest absolute Gasteiger partial charge is 0.458 e. The summed E-state index contributed by atoms with van der Waals surface area (Å²) in [5.74, 6) is -2.11. The van der Waals surface area contributed by atoms with Crippen molar-refractivity contribution in [2.45, 2.75) is 68.6 Å². The molecule has 47 heavy (non-hydrogen) atoms. The third kappa shape index (κ3) is 5.16. The number of halogens is 1. The van der Waals surface area contributed by atoms with E-state index in [4.69, 9.17) is 24.2 Å². The molecule has 1 spiro atoms. The Bertz CT molecular complexity index is 1730. The lowest BCUT2D eigenvalue weighted by atomic mass is 9.62. The van der Waals surface area contributed by atoms with Crippen molar-refractivity contribution in [3.05, 3.63) is 104 Å². The molecule has 3 aromatic rings. The van der Waals surface area contributed by atoms with E-state index in [0.29, 0.717) is 24.0 Å². The summed E-state index contributed by atoms with van der Waals surface area (Å²) in [5, 5.41) is 16.4. The average molecular weight is 752 g/mol. The van der Waals surface area contributed by atoms with E-state index < -0.39 is 47.6 Å². The lowest BCUT2D eigenvalue weighted by molar-refractivity contribution is -0.217. The number of rotatable bonds is 8. The first kappa shape index (κ1) is 30.9. The first-order valence-corrected chi connectivity index (χ1v) is 16.9. The van der Waals surface area contributed by atoms with E-state index in [1.807, 2.05) is 42.5 Å². The number of aliphatic hydroxyl groups excluding tert-OH is 1. The van der Waals surface area contributed by atoms with Crippen molar-refractivity contribution in [3.8, 4) is 0 Å². The quantitative estimate of drug-likeness (QED) is 0.235. The Kier molecular flexibility index (Phi) is 7.85. The van der Waals surface area contributed by atoms with Crippen LogP contribution in [0, 0.1) is 8.99 Å². The highest BCUT2D eigenvalue weighted by Gasteiger charge is 2.76. The molecular formula is C35H34IN3O8. The van der Waals surface area contributed by atoms with Crippen molar-refractivity contribution < 1.29 is 38.5 Å². The number of esters is 1. The SMILES string of the molecule is O=C(NCCO)c1cccc(CNC(=O)[C@@]23C[C@H]4OC(=O)[C@@H]2N(Cc2ccccc2I)O[C@@H]3[C@H]2OC3(Cc5ccccc5C3)O[C@H]24)c1. The van der Waals surface area contributed by atoms with Gasteiger partial charge in [0, 0.05) is 41.5 Å². The van der Waals surface area contributed by atoms with Crippen molar-refractivity contribution >= 4 is 40.4 Å². The Hall–Kier alpha value is -3.40. The smallest absolute Gasteiger partial charge is 0.327 e. The second-order valence-corrected chi connectivity index (χ2v) is 14.0. The molecule has 3 saturated heterocycles. The third-order valence-corrected chi connectivity index (χ3v) is 11.1. The molecule has 11 nitrogen and oxygen atoms in total. The van der Waals surface area contributed by atoms with Crippen LogP contribution in [-0.2, 0) is 54.6 Å². The molecule has 6 atom stereocenters. The first-order chi connectivity index (χ1) is 22.8. The number of hydrogen-bond donors (Lipinski definition) is 3. The van der Waals surface area contributed by atoms with Crippen LogP contribution in [0.1, 0.15) is 39.0 Å². The molecule has 0 unspecified atom stereocenters. The van der Waals surface area contributed by atoms with E-state index in [0.717, 1.165) is 20.3 Å². The second kappa shape index (κ2) is 11.9. The number of carbonyl (C=O) groups is 3. The molecule has 12 heteroatoms. The molecule has 0 aromatic heterocycles. The fourth-order valence-corrected chi connectivity index (χ4v) is 8.55. The van der Waals surface area contributed by atoms with Gasteiger partial charge in [0.25, 0.3) is 5.91 Å². The van der Waals surface area contributed by atoms with E-state index in [1.54, 1.807) is 23.3 Å². The van der Waals surface area contributed by atoms with E-state index in [9.17, 15) is 14.4 Å². The van der Waals surface area contributed by atoms with E-state index in [2.05, 4.69) is 45.4 Å². The average Bonchev–Trinajstić information content (AvgIpc) is 3.75. The van der Waals surface area contributed by atoms with Gasteiger partial charge in [0.15, 0.2) is 11.8 Å². The molecule has 2 aliphatic carbocycles. The third-order valence-electron chi connectivity index (χ3n) is 10.0. The highest BCUT2D eigenvalue weighted by molar-refractivity contribution is 14.1. The zero-order chi connectivity index (χ0) is 32.3. The summed E-state index contributed by atoms with van der Waals surface area (Å²) in [5.41, 5.74) is 3.07. The highest BCUT2D eigenvalue weighted by atomic mass is 127. The summed E-state index contributed by atoms with van der Waals surface area (Å²) in [6.45, 7) is 0.377. The van der Waals surface area contributed by atoms with Crippen LogP contribution in [0.25, 0.3) is 0 Å². The minimum atomic E-state index is -1.31. The number of ether oxygens (including phenoxy) is 3. The molecule has 3 heterocycles. The Morgan fingerprint density at radius 3 is 2.47 bits per heavy atom. The van der Waals surface area contributed by atoms with Crippen LogP contribution in [0.2, 0.25) is 0 Å². The molecule has 0 radical (unpaired) electrons. The van der Waals surface area contributed by atoms with Crippen LogP contribution in [0.5, 0.6) is 0 Å². The standard InChI is InChI=1S/C35H34IN3O8/c36-25-11-4-3-9-24(25)19-39-29-32(42)44-26-17-35(29,33(43)38-18-20-6-5-10-21(14-20)31(41)37-12-13-40)30(47-39)28-27(26)45-34(46-28)15-22-7-1-2-8-23(22)16-34/h1-11,14,26-30,40H,12-13,15-19H2,(H,37,41)(H,38,43)/t26-,27+,28+,29+,30-,35+/m1/s1. The summed E-state index contributed by atoms with van der Waals surface area (Å²) in [4.78, 5) is 47.7. The maximum Gasteiger partial charge on any atom is 0.327 e. The van der Waals surface area contributed by atoms with Crippen LogP contribution in [-0.4, -0.2) is 77.3 Å². The van der Waals surface area contributed by atoms with Gasteiger partial charge < -0.3 is 30.0 Å². The van der Waals surface area contributed by atoms with Gasteiger partial charge in [-0.05, 0) is 63.0 Å². The van der Waals surface area contributed by atoms with Gasteiger partial charge in [0.05, 0.1) is 13.2 Å². The van der Waals surface area contributed by atoms with Gasteiger partial charge in [-0.1, -0.05) is 54.6 Å². The van der Waals surface area contributed by atoms with Gasteiger partial charge in [-0.25, -0.2) is 0 Å². The van der Waals surface area contributed by atoms with E-state index in [1.165, 1.54) is 0 Å². The summed E-state index contributed by atoms with van der Waals surface area (Å²) in [6, 6.07) is 21.9. The van der Waals surface area contributed by atoms with Gasteiger partial charge in [0.1, 0.15) is 29.8 Å². The molecular weight excluding hydrogens is 717 g/mol. The topological polar surface area (TPSA) is 136 Å². The number of hydroxylamine groups is 2. The van der Waals surface area contributed by atoms with Crippen molar-refractivity contribution in [2.75, 3.05) is 13.2 Å². The minimum absolute atomic E-state index is 0.127. The van der Waals surface area contributed by atoms with Gasteiger partial charge in [-0.2, -0.15) is 5.06 Å². The number of nitrogens with zero attached hydrogens (tertiary/aromatic N) is 1. The lowest BCUT2D eigenvalue weighted by Gasteiger charge is -2.48. The maximum absolute atomic E-state index is 14.6. The van der Waals surface area contributed by atoms with Crippen molar-refractivity contribution in [1.29, 1.82) is 0 Å². The Labute approximate surface area is 285 Å². The van der Waals surface area contributed by atoms with Gasteiger partial charge >= 0.3 is 5.97 Å². The predicted molar refractivity (Wildman–Crippen MR) is 174 cm³/mol. The van der Waals surface area contributed by atoms with Gasteiger partial charge in [-0.15, -0.1) is 0 Å². The predicted octanol–water partition coefficient (Wildman–Crippen LogP) is 2.41. The number of hydrogen-bond acceptors (Lipinski definition) is 9. The summed E-state index contributed by atoms with van der Waals surface area (Å²) < 4.78 is 20.6. The highest BCUT2D eigenvalue weighted by Crippen LogP contribution is 2.58. The molecule has 3 N–H and O–H groups in total. The molecule has 1 saturated carbocycles. The number of benzene rings is 3. The Balaban J connectivity index is 1.11.